The normalized spacial score (nSPS) is 20.6. The first-order valence-corrected chi connectivity index (χ1v) is 13.3. The van der Waals surface area contributed by atoms with Crippen molar-refractivity contribution < 1.29 is 4.74 Å². The molecule has 6 rings (SSSR count). The van der Waals surface area contributed by atoms with E-state index < -0.39 is 0 Å². The Balaban J connectivity index is 0.00000168. The quantitative estimate of drug-likeness (QED) is 0.214. The van der Waals surface area contributed by atoms with E-state index in [9.17, 15) is 0 Å². The molecule has 9 nitrogen and oxygen atoms in total. The number of nitrogens with one attached hydrogen (secondary N) is 3. The lowest BCUT2D eigenvalue weighted by Crippen LogP contribution is -2.33. The van der Waals surface area contributed by atoms with E-state index in [2.05, 4.69) is 45.4 Å². The van der Waals surface area contributed by atoms with Crippen LogP contribution < -0.4 is 21.1 Å². The van der Waals surface area contributed by atoms with Gasteiger partial charge in [0.25, 0.3) is 0 Å². The molecule has 0 aliphatic heterocycles. The van der Waals surface area contributed by atoms with Crippen LogP contribution in [0.5, 0.6) is 5.75 Å². The Labute approximate surface area is 235 Å². The van der Waals surface area contributed by atoms with Gasteiger partial charge in [-0.2, -0.15) is 9.97 Å². The van der Waals surface area contributed by atoms with Crippen molar-refractivity contribution in [3.8, 4) is 5.75 Å². The molecule has 4 aromatic rings. The van der Waals surface area contributed by atoms with Gasteiger partial charge < -0.3 is 30.7 Å². The molecule has 1 atom stereocenters. The zero-order valence-corrected chi connectivity index (χ0v) is 23.6. The third-order valence-corrected chi connectivity index (χ3v) is 7.99. The largest absolute Gasteiger partial charge is 0.497 e. The average Bonchev–Trinajstić information content (AvgIpc) is 3.64. The highest BCUT2D eigenvalue weighted by Crippen LogP contribution is 2.35. The summed E-state index contributed by atoms with van der Waals surface area (Å²) in [6, 6.07) is 7.21. The first-order valence-electron chi connectivity index (χ1n) is 13.3. The number of fused-ring (bicyclic) bond motifs is 2. The van der Waals surface area contributed by atoms with Crippen molar-refractivity contribution in [3.05, 3.63) is 36.3 Å². The van der Waals surface area contributed by atoms with E-state index in [0.717, 1.165) is 64.9 Å². The van der Waals surface area contributed by atoms with Crippen molar-refractivity contribution in [2.45, 2.75) is 82.5 Å². The standard InChI is InChI=1S/C27H36N8O.2ClH/c1-16(22-14-29-23-12-11-20(36-2)13-21(22)23)31-25-24-26(35(15-30-24)19-5-3-4-6-19)34-27(33-25)32-18-9-7-17(28)8-10-18;;/h11-19,29H,3-10,28H2,1-2H3,(H2,31,32,33,34);2*1H. The molecule has 3 aromatic heterocycles. The van der Waals surface area contributed by atoms with Crippen LogP contribution in [0.25, 0.3) is 22.1 Å². The fourth-order valence-corrected chi connectivity index (χ4v) is 5.87. The van der Waals surface area contributed by atoms with Crippen LogP contribution in [0.15, 0.2) is 30.7 Å². The number of aromatic amines is 1. The second kappa shape index (κ2) is 12.0. The van der Waals surface area contributed by atoms with Crippen LogP contribution in [-0.4, -0.2) is 43.7 Å². The van der Waals surface area contributed by atoms with Gasteiger partial charge >= 0.3 is 0 Å². The molecule has 2 aliphatic rings. The first-order chi connectivity index (χ1) is 17.6. The number of ether oxygens (including phenoxy) is 1. The fourth-order valence-electron chi connectivity index (χ4n) is 5.87. The topological polar surface area (TPSA) is 119 Å². The number of imidazole rings is 1. The zero-order chi connectivity index (χ0) is 24.6. The van der Waals surface area contributed by atoms with Crippen LogP contribution >= 0.6 is 24.8 Å². The SMILES string of the molecule is COc1ccc2[nH]cc(C(C)Nc3nc(NC4CCC(N)CC4)nc4c3ncn4C3CCCC3)c2c1.Cl.Cl. The lowest BCUT2D eigenvalue weighted by atomic mass is 9.92. The second-order valence-corrected chi connectivity index (χ2v) is 10.4. The van der Waals surface area contributed by atoms with E-state index in [4.69, 9.17) is 25.4 Å². The van der Waals surface area contributed by atoms with Gasteiger partial charge in [0.15, 0.2) is 17.0 Å². The Morgan fingerprint density at radius 3 is 2.58 bits per heavy atom. The fraction of sp³-hybridized carbons (Fsp3) is 0.519. The minimum absolute atomic E-state index is 0. The molecule has 206 valence electrons. The Morgan fingerprint density at radius 2 is 1.84 bits per heavy atom. The third kappa shape index (κ3) is 5.51. The Bertz CT molecular complexity index is 1360. The van der Waals surface area contributed by atoms with E-state index in [1.807, 2.05) is 12.4 Å². The lowest BCUT2D eigenvalue weighted by Gasteiger charge is -2.27. The van der Waals surface area contributed by atoms with Crippen molar-refractivity contribution in [3.63, 3.8) is 0 Å². The van der Waals surface area contributed by atoms with Crippen LogP contribution in [0, 0.1) is 0 Å². The number of nitrogens with zero attached hydrogens (tertiary/aromatic N) is 4. The molecule has 1 unspecified atom stereocenters. The summed E-state index contributed by atoms with van der Waals surface area (Å²) >= 11 is 0. The number of H-pyrrole nitrogens is 1. The molecule has 1 aromatic carbocycles. The van der Waals surface area contributed by atoms with E-state index in [-0.39, 0.29) is 30.9 Å². The van der Waals surface area contributed by atoms with Crippen LogP contribution in [-0.2, 0) is 0 Å². The predicted molar refractivity (Wildman–Crippen MR) is 158 cm³/mol. The number of hydrogen-bond acceptors (Lipinski definition) is 7. The summed E-state index contributed by atoms with van der Waals surface area (Å²) in [5, 5.41) is 8.40. The maximum atomic E-state index is 6.13. The Morgan fingerprint density at radius 1 is 1.08 bits per heavy atom. The summed E-state index contributed by atoms with van der Waals surface area (Å²) in [5.41, 5.74) is 10.1. The van der Waals surface area contributed by atoms with Gasteiger partial charge in [-0.25, -0.2) is 4.98 Å². The van der Waals surface area contributed by atoms with Gasteiger partial charge in [0.05, 0.1) is 19.5 Å². The molecule has 0 spiro atoms. The Kier molecular flexibility index (Phi) is 8.90. The lowest BCUT2D eigenvalue weighted by molar-refractivity contribution is 0.410. The van der Waals surface area contributed by atoms with E-state index >= 15 is 0 Å². The van der Waals surface area contributed by atoms with Gasteiger partial charge in [0, 0.05) is 35.2 Å². The molecule has 0 radical (unpaired) electrons. The number of aromatic nitrogens is 5. The number of nitrogens with two attached hydrogens (primary N) is 1. The first kappa shape index (κ1) is 28.3. The molecule has 38 heavy (non-hydrogen) atoms. The molecule has 3 heterocycles. The maximum Gasteiger partial charge on any atom is 0.227 e. The van der Waals surface area contributed by atoms with Crippen LogP contribution in [0.2, 0.25) is 0 Å². The number of benzene rings is 1. The van der Waals surface area contributed by atoms with Crippen LogP contribution in [0.1, 0.15) is 75.9 Å². The molecule has 2 saturated carbocycles. The predicted octanol–water partition coefficient (Wildman–Crippen LogP) is 6.13. The van der Waals surface area contributed by atoms with E-state index in [1.165, 1.54) is 25.7 Å². The zero-order valence-electron chi connectivity index (χ0n) is 21.9. The van der Waals surface area contributed by atoms with Gasteiger partial charge in [0.2, 0.25) is 5.95 Å². The van der Waals surface area contributed by atoms with Crippen molar-refractivity contribution in [1.29, 1.82) is 0 Å². The molecule has 0 saturated heterocycles. The van der Waals surface area contributed by atoms with Crippen molar-refractivity contribution >= 4 is 58.6 Å². The molecule has 0 bridgehead atoms. The van der Waals surface area contributed by atoms with Crippen molar-refractivity contribution in [2.75, 3.05) is 17.7 Å². The highest BCUT2D eigenvalue weighted by atomic mass is 35.5. The van der Waals surface area contributed by atoms with Gasteiger partial charge in [-0.1, -0.05) is 12.8 Å². The van der Waals surface area contributed by atoms with E-state index in [0.29, 0.717) is 24.1 Å². The molecule has 2 aliphatic carbocycles. The highest BCUT2D eigenvalue weighted by molar-refractivity contribution is 5.87. The minimum atomic E-state index is 0. The van der Waals surface area contributed by atoms with Crippen LogP contribution in [0.3, 0.4) is 0 Å². The number of hydrogen-bond donors (Lipinski definition) is 4. The summed E-state index contributed by atoms with van der Waals surface area (Å²) in [6.45, 7) is 2.15. The summed E-state index contributed by atoms with van der Waals surface area (Å²) in [5.74, 6) is 2.27. The number of methoxy groups -OCH3 is 1. The van der Waals surface area contributed by atoms with Crippen molar-refractivity contribution in [1.82, 2.24) is 24.5 Å². The average molecular weight is 562 g/mol. The minimum Gasteiger partial charge on any atom is -0.497 e. The monoisotopic (exact) mass is 560 g/mol. The van der Waals surface area contributed by atoms with Gasteiger partial charge in [-0.05, 0) is 69.2 Å². The smallest absolute Gasteiger partial charge is 0.227 e. The molecule has 2 fully saturated rings. The number of anilines is 2. The highest BCUT2D eigenvalue weighted by Gasteiger charge is 2.25. The summed E-state index contributed by atoms with van der Waals surface area (Å²) < 4.78 is 7.73. The summed E-state index contributed by atoms with van der Waals surface area (Å²) in [4.78, 5) is 18.1. The van der Waals surface area contributed by atoms with Crippen molar-refractivity contribution in [2.24, 2.45) is 5.73 Å². The van der Waals surface area contributed by atoms with Gasteiger partial charge in [-0.3, -0.25) is 0 Å². The van der Waals surface area contributed by atoms with Gasteiger partial charge in [0.1, 0.15) is 5.75 Å². The molecular formula is C27H38Cl2N8O. The second-order valence-electron chi connectivity index (χ2n) is 10.4. The summed E-state index contributed by atoms with van der Waals surface area (Å²) in [6.07, 6.45) is 13.0. The summed E-state index contributed by atoms with van der Waals surface area (Å²) in [7, 11) is 1.70. The number of halogens is 2. The van der Waals surface area contributed by atoms with Gasteiger partial charge in [-0.15, -0.1) is 24.8 Å². The molecular weight excluding hydrogens is 523 g/mol. The number of rotatable bonds is 7. The van der Waals surface area contributed by atoms with Crippen LogP contribution in [0.4, 0.5) is 11.8 Å². The Hall–Kier alpha value is -2.75. The molecule has 11 heteroatoms. The third-order valence-electron chi connectivity index (χ3n) is 7.99. The maximum absolute atomic E-state index is 6.13. The molecule has 5 N–H and O–H groups in total. The molecule has 0 amide bonds. The van der Waals surface area contributed by atoms with E-state index in [1.54, 1.807) is 7.11 Å².